The number of carbonyl (C=O) groups is 2. The van der Waals surface area contributed by atoms with E-state index in [0.29, 0.717) is 11.3 Å². The number of ether oxygens (including phenoxy) is 2. The molecule has 7 heteroatoms. The van der Waals surface area contributed by atoms with Crippen LogP contribution in [-0.4, -0.2) is 46.7 Å². The fourth-order valence-corrected chi connectivity index (χ4v) is 4.85. The van der Waals surface area contributed by atoms with Gasteiger partial charge in [-0.15, -0.1) is 0 Å². The summed E-state index contributed by atoms with van der Waals surface area (Å²) in [5, 5.41) is 3.45. The standard InChI is InChI=1S/C24H29N3O4/c1-24(2)21(16-7-5-4-6-8-16)27(23(29)31-24)18-11-9-17(10-12-18)26-20-15-25-14-13-19(20)22(28)30-3/h4-8,13-15,17-18,21,26H,9-12H2,1-3H3. The van der Waals surface area contributed by atoms with Crippen LogP contribution in [0.15, 0.2) is 48.8 Å². The predicted octanol–water partition coefficient (Wildman–Crippen LogP) is 4.56. The molecule has 164 valence electrons. The highest BCUT2D eigenvalue weighted by molar-refractivity contribution is 5.95. The Kier molecular flexibility index (Phi) is 5.85. The monoisotopic (exact) mass is 423 g/mol. The summed E-state index contributed by atoms with van der Waals surface area (Å²) >= 11 is 0. The molecular weight excluding hydrogens is 394 g/mol. The molecule has 2 fully saturated rings. The van der Waals surface area contributed by atoms with Crippen molar-refractivity contribution in [1.82, 2.24) is 9.88 Å². The Hall–Kier alpha value is -3.09. The molecule has 1 amide bonds. The molecule has 1 saturated carbocycles. The van der Waals surface area contributed by atoms with Gasteiger partial charge in [0.25, 0.3) is 0 Å². The van der Waals surface area contributed by atoms with Gasteiger partial charge in [0.2, 0.25) is 0 Å². The highest BCUT2D eigenvalue weighted by Gasteiger charge is 2.51. The van der Waals surface area contributed by atoms with Gasteiger partial charge in [-0.1, -0.05) is 30.3 Å². The summed E-state index contributed by atoms with van der Waals surface area (Å²) < 4.78 is 10.6. The molecule has 2 aromatic rings. The van der Waals surface area contributed by atoms with E-state index in [0.717, 1.165) is 31.2 Å². The van der Waals surface area contributed by atoms with E-state index in [9.17, 15) is 9.59 Å². The first-order chi connectivity index (χ1) is 14.9. The zero-order chi connectivity index (χ0) is 22.0. The molecule has 31 heavy (non-hydrogen) atoms. The van der Waals surface area contributed by atoms with Gasteiger partial charge in [0.15, 0.2) is 0 Å². The Bertz CT molecular complexity index is 939. The van der Waals surface area contributed by atoms with Crippen molar-refractivity contribution in [3.05, 3.63) is 59.9 Å². The van der Waals surface area contributed by atoms with Gasteiger partial charge in [-0.2, -0.15) is 0 Å². The number of esters is 1. The van der Waals surface area contributed by atoms with Crippen molar-refractivity contribution in [3.8, 4) is 0 Å². The van der Waals surface area contributed by atoms with E-state index in [-0.39, 0.29) is 30.2 Å². The van der Waals surface area contributed by atoms with Crippen molar-refractivity contribution in [1.29, 1.82) is 0 Å². The molecule has 0 spiro atoms. The summed E-state index contributed by atoms with van der Waals surface area (Å²) in [4.78, 5) is 30.9. The molecule has 1 aromatic heterocycles. The van der Waals surface area contributed by atoms with E-state index < -0.39 is 5.60 Å². The number of nitrogens with zero attached hydrogens (tertiary/aromatic N) is 2. The first-order valence-corrected chi connectivity index (χ1v) is 10.8. The number of carbonyl (C=O) groups excluding carboxylic acids is 2. The van der Waals surface area contributed by atoms with Crippen LogP contribution in [0.2, 0.25) is 0 Å². The van der Waals surface area contributed by atoms with E-state index in [1.54, 1.807) is 18.5 Å². The first kappa shape index (κ1) is 21.2. The van der Waals surface area contributed by atoms with E-state index >= 15 is 0 Å². The van der Waals surface area contributed by atoms with Gasteiger partial charge in [-0.25, -0.2) is 9.59 Å². The maximum absolute atomic E-state index is 12.8. The number of methoxy groups -OCH3 is 1. The van der Waals surface area contributed by atoms with Crippen molar-refractivity contribution in [2.24, 2.45) is 0 Å². The fourth-order valence-electron chi connectivity index (χ4n) is 4.85. The lowest BCUT2D eigenvalue weighted by Gasteiger charge is -2.38. The summed E-state index contributed by atoms with van der Waals surface area (Å²) in [7, 11) is 1.37. The molecule has 1 atom stereocenters. The third-order valence-electron chi connectivity index (χ3n) is 6.29. The molecule has 0 radical (unpaired) electrons. The van der Waals surface area contributed by atoms with Crippen molar-refractivity contribution >= 4 is 17.7 Å². The topological polar surface area (TPSA) is 80.8 Å². The number of pyridine rings is 1. The fraction of sp³-hybridized carbons (Fsp3) is 0.458. The SMILES string of the molecule is COC(=O)c1ccncc1NC1CCC(N2C(=O)OC(C)(C)C2c2ccccc2)CC1. The number of anilines is 1. The highest BCUT2D eigenvalue weighted by atomic mass is 16.6. The van der Waals surface area contributed by atoms with E-state index in [1.807, 2.05) is 36.9 Å². The molecule has 7 nitrogen and oxygen atoms in total. The number of cyclic esters (lactones) is 1. The lowest BCUT2D eigenvalue weighted by Crippen LogP contribution is -2.44. The van der Waals surface area contributed by atoms with E-state index in [1.165, 1.54) is 7.11 Å². The number of rotatable bonds is 5. The predicted molar refractivity (Wildman–Crippen MR) is 117 cm³/mol. The molecule has 1 N–H and O–H groups in total. The summed E-state index contributed by atoms with van der Waals surface area (Å²) in [6.45, 7) is 3.96. The molecular formula is C24H29N3O4. The maximum atomic E-state index is 12.8. The van der Waals surface area contributed by atoms with Gasteiger partial charge in [-0.3, -0.25) is 9.88 Å². The second-order valence-corrected chi connectivity index (χ2v) is 8.75. The normalized spacial score (nSPS) is 25.1. The summed E-state index contributed by atoms with van der Waals surface area (Å²) in [5.74, 6) is -0.383. The highest BCUT2D eigenvalue weighted by Crippen LogP contribution is 2.44. The van der Waals surface area contributed by atoms with Crippen LogP contribution in [0.3, 0.4) is 0 Å². The van der Waals surface area contributed by atoms with E-state index in [2.05, 4.69) is 22.4 Å². The van der Waals surface area contributed by atoms with E-state index in [4.69, 9.17) is 9.47 Å². The van der Waals surface area contributed by atoms with Crippen molar-refractivity contribution in [3.63, 3.8) is 0 Å². The van der Waals surface area contributed by atoms with Crippen LogP contribution >= 0.6 is 0 Å². The van der Waals surface area contributed by atoms with Crippen LogP contribution in [0.5, 0.6) is 0 Å². The molecule has 0 bridgehead atoms. The zero-order valence-corrected chi connectivity index (χ0v) is 18.2. The third-order valence-corrected chi connectivity index (χ3v) is 6.29. The van der Waals surface area contributed by atoms with Crippen LogP contribution in [-0.2, 0) is 9.47 Å². The Morgan fingerprint density at radius 2 is 1.87 bits per heavy atom. The van der Waals surface area contributed by atoms with Crippen molar-refractivity contribution in [2.45, 2.75) is 63.3 Å². The summed E-state index contributed by atoms with van der Waals surface area (Å²) in [5.41, 5.74) is 1.67. The Morgan fingerprint density at radius 1 is 1.16 bits per heavy atom. The van der Waals surface area contributed by atoms with Gasteiger partial charge in [0.05, 0.1) is 30.6 Å². The van der Waals surface area contributed by atoms with Crippen molar-refractivity contribution in [2.75, 3.05) is 12.4 Å². The van der Waals surface area contributed by atoms with Crippen molar-refractivity contribution < 1.29 is 19.1 Å². The Morgan fingerprint density at radius 3 is 2.55 bits per heavy atom. The second kappa shape index (κ2) is 8.57. The van der Waals surface area contributed by atoms with Crippen LogP contribution in [0.4, 0.5) is 10.5 Å². The van der Waals surface area contributed by atoms with Crippen LogP contribution in [0, 0.1) is 0 Å². The lowest BCUT2D eigenvalue weighted by atomic mass is 9.86. The Labute approximate surface area is 182 Å². The number of aromatic nitrogens is 1. The molecule has 1 unspecified atom stereocenters. The zero-order valence-electron chi connectivity index (χ0n) is 18.2. The third kappa shape index (κ3) is 4.22. The summed E-state index contributed by atoms with van der Waals surface area (Å²) in [6, 6.07) is 12.0. The van der Waals surface area contributed by atoms with Crippen LogP contribution in [0.1, 0.15) is 61.5 Å². The largest absolute Gasteiger partial charge is 0.465 e. The Balaban J connectivity index is 1.46. The van der Waals surface area contributed by atoms with Gasteiger partial charge in [0.1, 0.15) is 5.60 Å². The maximum Gasteiger partial charge on any atom is 0.411 e. The lowest BCUT2D eigenvalue weighted by molar-refractivity contribution is 0.0600. The quantitative estimate of drug-likeness (QED) is 0.710. The molecule has 1 aromatic carbocycles. The average Bonchev–Trinajstić information content (AvgIpc) is 3.02. The van der Waals surface area contributed by atoms with Gasteiger partial charge < -0.3 is 14.8 Å². The number of hydrogen-bond donors (Lipinski definition) is 1. The number of benzene rings is 1. The minimum absolute atomic E-state index is 0.111. The molecule has 2 heterocycles. The molecule has 4 rings (SSSR count). The number of amides is 1. The average molecular weight is 424 g/mol. The molecule has 2 aliphatic rings. The van der Waals surface area contributed by atoms with Gasteiger partial charge >= 0.3 is 12.1 Å². The second-order valence-electron chi connectivity index (χ2n) is 8.75. The van der Waals surface area contributed by atoms with Crippen LogP contribution in [0.25, 0.3) is 0 Å². The minimum Gasteiger partial charge on any atom is -0.465 e. The van der Waals surface area contributed by atoms with Gasteiger partial charge in [-0.05, 0) is 51.2 Å². The molecule has 1 aliphatic heterocycles. The number of nitrogens with one attached hydrogen (secondary N) is 1. The van der Waals surface area contributed by atoms with Crippen LogP contribution < -0.4 is 5.32 Å². The molecule has 1 saturated heterocycles. The number of hydrogen-bond acceptors (Lipinski definition) is 6. The molecule has 1 aliphatic carbocycles. The summed E-state index contributed by atoms with van der Waals surface area (Å²) in [6.07, 6.45) is 6.48. The smallest absolute Gasteiger partial charge is 0.411 e. The van der Waals surface area contributed by atoms with Gasteiger partial charge in [0, 0.05) is 18.3 Å². The first-order valence-electron chi connectivity index (χ1n) is 10.8. The minimum atomic E-state index is -0.585.